The van der Waals surface area contributed by atoms with Crippen molar-refractivity contribution in [2.75, 3.05) is 0 Å². The number of hydrazine groups is 1. The van der Waals surface area contributed by atoms with E-state index in [4.69, 9.17) is 17.4 Å². The van der Waals surface area contributed by atoms with E-state index in [0.29, 0.717) is 5.92 Å². The standard InChI is InChI=1S/C14H23ClN2/c1-4-11(5-2)9-14(17-16)12-7-6-8-13(15)10(12)3/h6-8,11,14,17H,4-5,9,16H2,1-3H3. The first-order valence-corrected chi connectivity index (χ1v) is 6.72. The highest BCUT2D eigenvalue weighted by atomic mass is 35.5. The summed E-state index contributed by atoms with van der Waals surface area (Å²) in [6.07, 6.45) is 3.44. The fourth-order valence-corrected chi connectivity index (χ4v) is 2.42. The van der Waals surface area contributed by atoms with Crippen molar-refractivity contribution in [1.82, 2.24) is 5.43 Å². The lowest BCUT2D eigenvalue weighted by atomic mass is 9.90. The van der Waals surface area contributed by atoms with Crippen LogP contribution in [-0.2, 0) is 0 Å². The smallest absolute Gasteiger partial charge is 0.0465 e. The molecule has 0 aliphatic heterocycles. The molecule has 2 nitrogen and oxygen atoms in total. The van der Waals surface area contributed by atoms with Crippen LogP contribution in [0.15, 0.2) is 18.2 Å². The number of halogens is 1. The molecular formula is C14H23ClN2. The molecule has 3 heteroatoms. The van der Waals surface area contributed by atoms with Gasteiger partial charge in [-0.15, -0.1) is 0 Å². The van der Waals surface area contributed by atoms with Crippen molar-refractivity contribution in [1.29, 1.82) is 0 Å². The Hall–Kier alpha value is -0.570. The van der Waals surface area contributed by atoms with Gasteiger partial charge in [0.15, 0.2) is 0 Å². The third-order valence-electron chi connectivity index (χ3n) is 3.61. The summed E-state index contributed by atoms with van der Waals surface area (Å²) in [4.78, 5) is 0. The topological polar surface area (TPSA) is 38.0 Å². The van der Waals surface area contributed by atoms with Gasteiger partial charge in [-0.1, -0.05) is 50.4 Å². The molecule has 1 unspecified atom stereocenters. The molecule has 0 aromatic heterocycles. The fourth-order valence-electron chi connectivity index (χ4n) is 2.24. The van der Waals surface area contributed by atoms with Crippen LogP contribution in [0.4, 0.5) is 0 Å². The summed E-state index contributed by atoms with van der Waals surface area (Å²) in [7, 11) is 0. The SMILES string of the molecule is CCC(CC)CC(NN)c1cccc(Cl)c1C. The van der Waals surface area contributed by atoms with E-state index in [1.165, 1.54) is 18.4 Å². The summed E-state index contributed by atoms with van der Waals surface area (Å²) >= 11 is 6.15. The Morgan fingerprint density at radius 1 is 1.29 bits per heavy atom. The highest BCUT2D eigenvalue weighted by Crippen LogP contribution is 2.29. The van der Waals surface area contributed by atoms with Gasteiger partial charge >= 0.3 is 0 Å². The van der Waals surface area contributed by atoms with Crippen LogP contribution in [-0.4, -0.2) is 0 Å². The Balaban J connectivity index is 2.89. The minimum Gasteiger partial charge on any atom is -0.271 e. The Labute approximate surface area is 110 Å². The molecule has 0 aliphatic carbocycles. The third-order valence-corrected chi connectivity index (χ3v) is 4.02. The first-order chi connectivity index (χ1) is 8.13. The van der Waals surface area contributed by atoms with Gasteiger partial charge < -0.3 is 0 Å². The maximum Gasteiger partial charge on any atom is 0.0465 e. The van der Waals surface area contributed by atoms with Crippen molar-refractivity contribution >= 4 is 11.6 Å². The van der Waals surface area contributed by atoms with E-state index in [1.54, 1.807) is 0 Å². The predicted molar refractivity (Wildman–Crippen MR) is 74.9 cm³/mol. The molecule has 0 fully saturated rings. The predicted octanol–water partition coefficient (Wildman–Crippen LogP) is 3.98. The molecule has 0 radical (unpaired) electrons. The van der Waals surface area contributed by atoms with E-state index >= 15 is 0 Å². The Kier molecular flexibility index (Phi) is 5.96. The van der Waals surface area contributed by atoms with Gasteiger partial charge in [0.1, 0.15) is 0 Å². The molecule has 0 heterocycles. The minimum absolute atomic E-state index is 0.193. The number of hydrogen-bond acceptors (Lipinski definition) is 2. The van der Waals surface area contributed by atoms with E-state index < -0.39 is 0 Å². The van der Waals surface area contributed by atoms with Gasteiger partial charge in [0.05, 0.1) is 0 Å². The third kappa shape index (κ3) is 3.70. The second-order valence-corrected chi connectivity index (χ2v) is 5.00. The van der Waals surface area contributed by atoms with Crippen LogP contribution in [0.5, 0.6) is 0 Å². The molecule has 0 spiro atoms. The summed E-state index contributed by atoms with van der Waals surface area (Å²) in [5.74, 6) is 6.39. The molecule has 0 bridgehead atoms. The van der Waals surface area contributed by atoms with Crippen LogP contribution in [0.3, 0.4) is 0 Å². The number of nitrogens with one attached hydrogen (secondary N) is 1. The van der Waals surface area contributed by atoms with Crippen LogP contribution < -0.4 is 11.3 Å². The van der Waals surface area contributed by atoms with E-state index in [-0.39, 0.29) is 6.04 Å². The van der Waals surface area contributed by atoms with E-state index in [2.05, 4.69) is 32.3 Å². The minimum atomic E-state index is 0.193. The van der Waals surface area contributed by atoms with Gasteiger partial charge in [0.2, 0.25) is 0 Å². The van der Waals surface area contributed by atoms with Crippen LogP contribution >= 0.6 is 11.6 Å². The number of nitrogens with two attached hydrogens (primary N) is 1. The number of hydrogen-bond donors (Lipinski definition) is 2. The van der Waals surface area contributed by atoms with Crippen LogP contribution in [0.2, 0.25) is 5.02 Å². The molecule has 1 atom stereocenters. The largest absolute Gasteiger partial charge is 0.271 e. The van der Waals surface area contributed by atoms with Crippen molar-refractivity contribution in [2.24, 2.45) is 11.8 Å². The van der Waals surface area contributed by atoms with Crippen molar-refractivity contribution < 1.29 is 0 Å². The average molecular weight is 255 g/mol. The Morgan fingerprint density at radius 3 is 2.47 bits per heavy atom. The summed E-state index contributed by atoms with van der Waals surface area (Å²) in [5.41, 5.74) is 5.27. The first-order valence-electron chi connectivity index (χ1n) is 6.35. The first kappa shape index (κ1) is 14.5. The zero-order valence-electron chi connectivity index (χ0n) is 11.0. The van der Waals surface area contributed by atoms with Gasteiger partial charge in [-0.05, 0) is 36.5 Å². The fraction of sp³-hybridized carbons (Fsp3) is 0.571. The van der Waals surface area contributed by atoms with Crippen molar-refractivity contribution in [3.05, 3.63) is 34.3 Å². The van der Waals surface area contributed by atoms with Gasteiger partial charge in [-0.3, -0.25) is 11.3 Å². The van der Waals surface area contributed by atoms with Gasteiger partial charge in [0.25, 0.3) is 0 Å². The number of benzene rings is 1. The van der Waals surface area contributed by atoms with Crippen molar-refractivity contribution in [2.45, 2.75) is 46.1 Å². The molecule has 0 saturated carbocycles. The summed E-state index contributed by atoms with van der Waals surface area (Å²) in [5, 5.41) is 0.812. The van der Waals surface area contributed by atoms with Gasteiger partial charge in [0, 0.05) is 11.1 Å². The van der Waals surface area contributed by atoms with E-state index in [1.807, 2.05) is 12.1 Å². The molecule has 0 aliphatic rings. The molecule has 17 heavy (non-hydrogen) atoms. The lowest BCUT2D eigenvalue weighted by Crippen LogP contribution is -2.30. The lowest BCUT2D eigenvalue weighted by molar-refractivity contribution is 0.374. The van der Waals surface area contributed by atoms with Crippen LogP contribution in [0, 0.1) is 12.8 Å². The lowest BCUT2D eigenvalue weighted by Gasteiger charge is -2.23. The molecule has 0 amide bonds. The van der Waals surface area contributed by atoms with E-state index in [9.17, 15) is 0 Å². The second kappa shape index (κ2) is 7.00. The highest BCUT2D eigenvalue weighted by molar-refractivity contribution is 6.31. The molecule has 3 N–H and O–H groups in total. The van der Waals surface area contributed by atoms with E-state index in [0.717, 1.165) is 17.0 Å². The monoisotopic (exact) mass is 254 g/mol. The van der Waals surface area contributed by atoms with Crippen molar-refractivity contribution in [3.8, 4) is 0 Å². The molecule has 1 rings (SSSR count). The summed E-state index contributed by atoms with van der Waals surface area (Å²) in [6.45, 7) is 6.51. The van der Waals surface area contributed by atoms with Crippen LogP contribution in [0.1, 0.15) is 50.3 Å². The quantitative estimate of drug-likeness (QED) is 0.595. The zero-order chi connectivity index (χ0) is 12.8. The maximum atomic E-state index is 6.15. The normalized spacial score (nSPS) is 13.1. The van der Waals surface area contributed by atoms with Crippen LogP contribution in [0.25, 0.3) is 0 Å². The Bertz CT molecular complexity index is 348. The molecule has 96 valence electrons. The van der Waals surface area contributed by atoms with Gasteiger partial charge in [-0.2, -0.15) is 0 Å². The summed E-state index contributed by atoms with van der Waals surface area (Å²) in [6, 6.07) is 6.21. The highest BCUT2D eigenvalue weighted by Gasteiger charge is 2.17. The Morgan fingerprint density at radius 2 is 1.94 bits per heavy atom. The molecule has 0 saturated heterocycles. The maximum absolute atomic E-state index is 6.15. The van der Waals surface area contributed by atoms with Crippen molar-refractivity contribution in [3.63, 3.8) is 0 Å². The molecule has 1 aromatic carbocycles. The zero-order valence-corrected chi connectivity index (χ0v) is 11.7. The van der Waals surface area contributed by atoms with Gasteiger partial charge in [-0.25, -0.2) is 0 Å². The second-order valence-electron chi connectivity index (χ2n) is 4.59. The molecule has 1 aromatic rings. The molecular weight excluding hydrogens is 232 g/mol. The number of rotatable bonds is 6. The average Bonchev–Trinajstić information content (AvgIpc) is 2.35. The summed E-state index contributed by atoms with van der Waals surface area (Å²) < 4.78 is 0.